The number of carbonyl (C=O) groups excluding carboxylic acids is 1. The molecular formula is C18H16BrNO4S. The lowest BCUT2D eigenvalue weighted by Crippen LogP contribution is -2.43. The van der Waals surface area contributed by atoms with Crippen molar-refractivity contribution in [3.05, 3.63) is 70.2 Å². The van der Waals surface area contributed by atoms with Gasteiger partial charge in [-0.25, -0.2) is 9.59 Å². The van der Waals surface area contributed by atoms with E-state index in [1.54, 1.807) is 0 Å². The molecule has 7 heteroatoms. The lowest BCUT2D eigenvalue weighted by Gasteiger charge is -2.27. The quantitative estimate of drug-likeness (QED) is 0.797. The van der Waals surface area contributed by atoms with Crippen LogP contribution in [0.3, 0.4) is 0 Å². The summed E-state index contributed by atoms with van der Waals surface area (Å²) < 4.78 is 6.25. The molecule has 0 spiro atoms. The average Bonchev–Trinajstić information content (AvgIpc) is 3.06. The highest BCUT2D eigenvalue weighted by atomic mass is 79.9. The van der Waals surface area contributed by atoms with Crippen molar-refractivity contribution in [2.24, 2.45) is 0 Å². The molecule has 2 unspecified atom stereocenters. The molecule has 0 radical (unpaired) electrons. The van der Waals surface area contributed by atoms with Crippen LogP contribution in [0.4, 0.5) is 4.79 Å². The van der Waals surface area contributed by atoms with Gasteiger partial charge >= 0.3 is 12.1 Å². The smallest absolute Gasteiger partial charge is 0.412 e. The number of rotatable bonds is 4. The van der Waals surface area contributed by atoms with E-state index < -0.39 is 18.1 Å². The van der Waals surface area contributed by atoms with Crippen LogP contribution in [0.1, 0.15) is 16.5 Å². The minimum atomic E-state index is -1.03. The fourth-order valence-corrected chi connectivity index (χ4v) is 4.45. The molecule has 0 saturated carbocycles. The molecule has 1 amide bonds. The van der Waals surface area contributed by atoms with Crippen molar-refractivity contribution in [1.82, 2.24) is 4.90 Å². The minimum absolute atomic E-state index is 0.110. The number of carboxylic acids is 1. The number of hydrogen-bond donors (Lipinski definition) is 1. The van der Waals surface area contributed by atoms with Crippen LogP contribution in [0, 0.1) is 0 Å². The average molecular weight is 422 g/mol. The first-order valence-corrected chi connectivity index (χ1v) is 9.49. The van der Waals surface area contributed by atoms with Gasteiger partial charge in [-0.2, -0.15) is 0 Å². The monoisotopic (exact) mass is 421 g/mol. The van der Waals surface area contributed by atoms with Crippen LogP contribution in [-0.4, -0.2) is 33.9 Å². The zero-order valence-corrected chi connectivity index (χ0v) is 15.6. The van der Waals surface area contributed by atoms with Gasteiger partial charge in [-0.3, -0.25) is 4.90 Å². The maximum Gasteiger partial charge on any atom is 0.412 e. The molecule has 0 bridgehead atoms. The summed E-state index contributed by atoms with van der Waals surface area (Å²) in [5, 5.41) is 9.08. The molecule has 0 aromatic heterocycles. The topological polar surface area (TPSA) is 66.8 Å². The van der Waals surface area contributed by atoms with E-state index in [4.69, 9.17) is 4.74 Å². The van der Waals surface area contributed by atoms with E-state index in [0.29, 0.717) is 5.75 Å². The third-order valence-corrected chi connectivity index (χ3v) is 5.65. The fraction of sp³-hybridized carbons (Fsp3) is 0.222. The molecule has 1 heterocycles. The van der Waals surface area contributed by atoms with Gasteiger partial charge in [-0.1, -0.05) is 58.4 Å². The molecule has 2 atom stereocenters. The number of carbonyl (C=O) groups is 2. The lowest BCUT2D eigenvalue weighted by atomic mass is 10.2. The molecule has 1 fully saturated rings. The highest BCUT2D eigenvalue weighted by Gasteiger charge is 2.43. The van der Waals surface area contributed by atoms with Crippen LogP contribution in [0.5, 0.6) is 0 Å². The van der Waals surface area contributed by atoms with Crippen LogP contribution in [0.25, 0.3) is 0 Å². The number of halogens is 1. The summed E-state index contributed by atoms with van der Waals surface area (Å²) in [5.41, 5.74) is 1.72. The summed E-state index contributed by atoms with van der Waals surface area (Å²) in [7, 11) is 0. The van der Waals surface area contributed by atoms with Gasteiger partial charge in [0, 0.05) is 10.2 Å². The van der Waals surface area contributed by atoms with E-state index in [0.717, 1.165) is 15.6 Å². The Hall–Kier alpha value is -1.99. The Bertz CT molecular complexity index is 771. The Morgan fingerprint density at radius 1 is 1.20 bits per heavy atom. The molecule has 25 heavy (non-hydrogen) atoms. The van der Waals surface area contributed by atoms with Crippen molar-refractivity contribution in [2.45, 2.75) is 18.0 Å². The molecular weight excluding hydrogens is 406 g/mol. The van der Waals surface area contributed by atoms with E-state index in [2.05, 4.69) is 15.9 Å². The predicted octanol–water partition coefficient (Wildman–Crippen LogP) is 4.29. The van der Waals surface area contributed by atoms with Gasteiger partial charge in [-0.15, -0.1) is 11.8 Å². The second-order valence-electron chi connectivity index (χ2n) is 5.54. The SMILES string of the molecule is O=C(O)C1CSC(c2cccc(Br)c2)N1C(=O)OCc1ccccc1. The van der Waals surface area contributed by atoms with E-state index in [1.807, 2.05) is 54.6 Å². The molecule has 1 aliphatic heterocycles. The number of ether oxygens (including phenoxy) is 1. The normalized spacial score (nSPS) is 19.6. The van der Waals surface area contributed by atoms with Crippen molar-refractivity contribution in [3.63, 3.8) is 0 Å². The first-order valence-electron chi connectivity index (χ1n) is 7.65. The maximum atomic E-state index is 12.6. The second kappa shape index (κ2) is 7.93. The van der Waals surface area contributed by atoms with E-state index in [1.165, 1.54) is 16.7 Å². The van der Waals surface area contributed by atoms with Gasteiger partial charge in [0.05, 0.1) is 0 Å². The van der Waals surface area contributed by atoms with Gasteiger partial charge in [0.25, 0.3) is 0 Å². The van der Waals surface area contributed by atoms with Crippen LogP contribution >= 0.6 is 27.7 Å². The van der Waals surface area contributed by atoms with E-state index >= 15 is 0 Å². The summed E-state index contributed by atoms with van der Waals surface area (Å²) in [6.45, 7) is 0.110. The Morgan fingerprint density at radius 3 is 2.64 bits per heavy atom. The van der Waals surface area contributed by atoms with Crippen LogP contribution in [0.15, 0.2) is 59.1 Å². The molecule has 2 aromatic rings. The van der Waals surface area contributed by atoms with Gasteiger partial charge < -0.3 is 9.84 Å². The van der Waals surface area contributed by atoms with Crippen molar-refractivity contribution in [2.75, 3.05) is 5.75 Å². The molecule has 5 nitrogen and oxygen atoms in total. The van der Waals surface area contributed by atoms with Crippen molar-refractivity contribution in [3.8, 4) is 0 Å². The Kier molecular flexibility index (Phi) is 5.65. The molecule has 130 valence electrons. The number of benzene rings is 2. The van der Waals surface area contributed by atoms with Crippen LogP contribution in [-0.2, 0) is 16.1 Å². The number of hydrogen-bond acceptors (Lipinski definition) is 4. The zero-order chi connectivity index (χ0) is 17.8. The third-order valence-electron chi connectivity index (χ3n) is 3.84. The van der Waals surface area contributed by atoms with Crippen molar-refractivity contribution < 1.29 is 19.4 Å². The van der Waals surface area contributed by atoms with Gasteiger partial charge in [-0.05, 0) is 23.3 Å². The molecule has 1 aliphatic rings. The Balaban J connectivity index is 1.79. The van der Waals surface area contributed by atoms with Gasteiger partial charge in [0.1, 0.15) is 18.0 Å². The summed E-state index contributed by atoms with van der Waals surface area (Å²) in [5.74, 6) is -0.700. The summed E-state index contributed by atoms with van der Waals surface area (Å²) in [6.07, 6.45) is -0.619. The van der Waals surface area contributed by atoms with E-state index in [-0.39, 0.29) is 12.0 Å². The molecule has 2 aromatic carbocycles. The van der Waals surface area contributed by atoms with E-state index in [9.17, 15) is 14.7 Å². The lowest BCUT2D eigenvalue weighted by molar-refractivity contribution is -0.141. The highest BCUT2D eigenvalue weighted by molar-refractivity contribution is 9.10. The maximum absolute atomic E-state index is 12.6. The highest BCUT2D eigenvalue weighted by Crippen LogP contribution is 2.42. The Labute approximate surface area is 158 Å². The molecule has 0 aliphatic carbocycles. The summed E-state index contributed by atoms with van der Waals surface area (Å²) >= 11 is 4.83. The number of thioether (sulfide) groups is 1. The molecule has 1 N–H and O–H groups in total. The summed E-state index contributed by atoms with van der Waals surface area (Å²) in [6, 6.07) is 15.9. The van der Waals surface area contributed by atoms with Crippen LogP contribution in [0.2, 0.25) is 0 Å². The fourth-order valence-electron chi connectivity index (χ4n) is 2.63. The number of amides is 1. The van der Waals surface area contributed by atoms with Crippen LogP contribution < -0.4 is 0 Å². The second-order valence-corrected chi connectivity index (χ2v) is 7.57. The predicted molar refractivity (Wildman–Crippen MR) is 99.2 cm³/mol. The van der Waals surface area contributed by atoms with Crippen molar-refractivity contribution >= 4 is 39.8 Å². The molecule has 1 saturated heterocycles. The first kappa shape index (κ1) is 17.8. The van der Waals surface area contributed by atoms with Gasteiger partial charge in [0.15, 0.2) is 0 Å². The number of carboxylic acid groups (broad SMARTS) is 1. The Morgan fingerprint density at radius 2 is 1.96 bits per heavy atom. The summed E-state index contributed by atoms with van der Waals surface area (Å²) in [4.78, 5) is 25.5. The largest absolute Gasteiger partial charge is 0.480 e. The zero-order valence-electron chi connectivity index (χ0n) is 13.2. The van der Waals surface area contributed by atoms with Gasteiger partial charge in [0.2, 0.25) is 0 Å². The first-order chi connectivity index (χ1) is 12.1. The number of nitrogens with zero attached hydrogens (tertiary/aromatic N) is 1. The number of aliphatic carboxylic acids is 1. The minimum Gasteiger partial charge on any atom is -0.480 e. The molecule has 3 rings (SSSR count). The standard InChI is InChI=1S/C18H16BrNO4S/c19-14-8-4-7-13(9-14)16-20(15(11-25-16)17(21)22)18(23)24-10-12-5-2-1-3-6-12/h1-9,15-16H,10-11H2,(H,21,22). The van der Waals surface area contributed by atoms with Crippen molar-refractivity contribution in [1.29, 1.82) is 0 Å². The third kappa shape index (κ3) is 4.16.